The Kier molecular flexibility index (Phi) is 5.59. The van der Waals surface area contributed by atoms with Crippen LogP contribution in [0, 0.1) is 11.3 Å². The Balaban J connectivity index is 1.94. The highest BCUT2D eigenvalue weighted by atomic mass is 15.2. The van der Waals surface area contributed by atoms with Crippen molar-refractivity contribution in [2.45, 2.75) is 24.9 Å². The quantitative estimate of drug-likeness (QED) is 0.376. The summed E-state index contributed by atoms with van der Waals surface area (Å²) in [6.45, 7) is 3.49. The maximum absolute atomic E-state index is 9.54. The molecular weight excluding hydrogens is 264 g/mol. The van der Waals surface area contributed by atoms with Crippen molar-refractivity contribution in [3.05, 3.63) is 46.3 Å². The van der Waals surface area contributed by atoms with Crippen molar-refractivity contribution in [1.29, 1.82) is 5.26 Å². The third-order valence-electron chi connectivity index (χ3n) is 3.77. The van der Waals surface area contributed by atoms with Gasteiger partial charge in [-0.15, -0.1) is 0 Å². The summed E-state index contributed by atoms with van der Waals surface area (Å²) in [4.78, 5) is 5.04. The molecule has 2 rings (SSSR count). The first-order valence-electron chi connectivity index (χ1n) is 7.21. The van der Waals surface area contributed by atoms with Crippen LogP contribution in [-0.2, 0) is 6.54 Å². The first-order chi connectivity index (χ1) is 10.3. The molecule has 0 saturated carbocycles. The van der Waals surface area contributed by atoms with Gasteiger partial charge in [-0.3, -0.25) is 10.2 Å². The Bertz CT molecular complexity index is 531. The van der Waals surface area contributed by atoms with Crippen LogP contribution in [0.3, 0.4) is 0 Å². The fraction of sp³-hybridized carbons (Fsp3) is 0.533. The van der Waals surface area contributed by atoms with Gasteiger partial charge in [0.15, 0.2) is 0 Å². The molecule has 0 aromatic heterocycles. The fourth-order valence-electron chi connectivity index (χ4n) is 2.79. The van der Waals surface area contributed by atoms with E-state index < -0.39 is 5.54 Å². The van der Waals surface area contributed by atoms with Gasteiger partial charge in [-0.05, 0) is 30.5 Å². The first kappa shape index (κ1) is 15.3. The summed E-state index contributed by atoms with van der Waals surface area (Å²) < 4.78 is 0. The zero-order valence-electron chi connectivity index (χ0n) is 12.1. The van der Waals surface area contributed by atoms with Gasteiger partial charge in [0.1, 0.15) is 5.54 Å². The highest BCUT2D eigenvalue weighted by Gasteiger charge is 2.34. The molecule has 1 N–H and O–H groups in total. The van der Waals surface area contributed by atoms with E-state index in [9.17, 15) is 5.26 Å². The number of nitrogens with zero attached hydrogens (tertiary/aromatic N) is 5. The minimum atomic E-state index is -0.530. The van der Waals surface area contributed by atoms with Gasteiger partial charge in [-0.2, -0.15) is 5.26 Å². The van der Waals surface area contributed by atoms with Gasteiger partial charge in [-0.1, -0.05) is 35.4 Å². The Morgan fingerprint density at radius 1 is 1.43 bits per heavy atom. The molecule has 6 heteroatoms. The topological polar surface area (TPSA) is 87.8 Å². The van der Waals surface area contributed by atoms with Crippen LogP contribution in [0.15, 0.2) is 35.4 Å². The lowest BCUT2D eigenvalue weighted by Crippen LogP contribution is -2.56. The van der Waals surface area contributed by atoms with Crippen molar-refractivity contribution in [1.82, 2.24) is 10.2 Å². The van der Waals surface area contributed by atoms with E-state index in [2.05, 4.69) is 38.4 Å². The molecule has 1 atom stereocenters. The van der Waals surface area contributed by atoms with Gasteiger partial charge in [-0.25, -0.2) is 0 Å². The van der Waals surface area contributed by atoms with E-state index >= 15 is 0 Å². The second-order valence-corrected chi connectivity index (χ2v) is 5.37. The summed E-state index contributed by atoms with van der Waals surface area (Å²) in [5.74, 6) is 0. The molecule has 1 aliphatic heterocycles. The average molecular weight is 284 g/mol. The van der Waals surface area contributed by atoms with Crippen molar-refractivity contribution in [2.75, 3.05) is 26.2 Å². The molecule has 0 spiro atoms. The number of nitriles is 1. The Labute approximate surface area is 125 Å². The largest absolute Gasteiger partial charge is 0.298 e. The van der Waals surface area contributed by atoms with E-state index in [1.807, 2.05) is 18.2 Å². The van der Waals surface area contributed by atoms with E-state index in [0.717, 1.165) is 25.9 Å². The fourth-order valence-corrected chi connectivity index (χ4v) is 2.79. The molecule has 21 heavy (non-hydrogen) atoms. The summed E-state index contributed by atoms with van der Waals surface area (Å²) in [6, 6.07) is 12.7. The van der Waals surface area contributed by atoms with Crippen LogP contribution >= 0.6 is 0 Å². The average Bonchev–Trinajstić information content (AvgIpc) is 2.53. The Hall–Kier alpha value is -2.06. The molecule has 0 amide bonds. The molecule has 6 nitrogen and oxygen atoms in total. The number of rotatable bonds is 6. The van der Waals surface area contributed by atoms with E-state index in [1.54, 1.807) is 0 Å². The first-order valence-corrected chi connectivity index (χ1v) is 7.21. The molecule has 0 bridgehead atoms. The molecule has 110 valence electrons. The lowest BCUT2D eigenvalue weighted by atomic mass is 9.90. The monoisotopic (exact) mass is 284 g/mol. The molecular formula is C15H20N6. The molecule has 1 saturated heterocycles. The van der Waals surface area contributed by atoms with Gasteiger partial charge < -0.3 is 0 Å². The number of benzene rings is 1. The zero-order chi connectivity index (χ0) is 15.0. The predicted octanol–water partition coefficient (Wildman–Crippen LogP) is 2.44. The lowest BCUT2D eigenvalue weighted by molar-refractivity contribution is 0.149. The second kappa shape index (κ2) is 7.65. The van der Waals surface area contributed by atoms with Gasteiger partial charge in [0, 0.05) is 31.1 Å². The van der Waals surface area contributed by atoms with Crippen LogP contribution in [0.4, 0.5) is 0 Å². The van der Waals surface area contributed by atoms with Crippen LogP contribution in [0.25, 0.3) is 10.4 Å². The zero-order valence-corrected chi connectivity index (χ0v) is 12.1. The van der Waals surface area contributed by atoms with Crippen LogP contribution in [0.5, 0.6) is 0 Å². The van der Waals surface area contributed by atoms with Crippen molar-refractivity contribution < 1.29 is 0 Å². The third kappa shape index (κ3) is 4.47. The smallest absolute Gasteiger partial charge is 0.119 e. The number of hydrogen-bond donors (Lipinski definition) is 1. The molecule has 1 aromatic rings. The minimum Gasteiger partial charge on any atom is -0.298 e. The molecule has 1 aliphatic rings. The number of hydrogen-bond acceptors (Lipinski definition) is 4. The van der Waals surface area contributed by atoms with Gasteiger partial charge in [0.05, 0.1) is 6.07 Å². The number of nitrogens with one attached hydrogen (secondary N) is 1. The van der Waals surface area contributed by atoms with Crippen molar-refractivity contribution in [2.24, 2.45) is 5.11 Å². The number of likely N-dealkylation sites (tertiary alicyclic amines) is 1. The standard InChI is InChI=1S/C15H20N6/c16-12-15(18-8-9-19-20-17)7-4-10-21(13-15)11-14-5-2-1-3-6-14/h1-3,5-6,18H,4,7-11,13H2. The molecule has 0 radical (unpaired) electrons. The second-order valence-electron chi connectivity index (χ2n) is 5.37. The lowest BCUT2D eigenvalue weighted by Gasteiger charge is -2.39. The summed E-state index contributed by atoms with van der Waals surface area (Å²) in [5, 5.41) is 16.3. The molecule has 1 aromatic carbocycles. The van der Waals surface area contributed by atoms with Crippen LogP contribution < -0.4 is 5.32 Å². The summed E-state index contributed by atoms with van der Waals surface area (Å²) in [5.41, 5.74) is 9.02. The minimum absolute atomic E-state index is 0.374. The van der Waals surface area contributed by atoms with Crippen molar-refractivity contribution >= 4 is 0 Å². The summed E-state index contributed by atoms with van der Waals surface area (Å²) >= 11 is 0. The van der Waals surface area contributed by atoms with Crippen LogP contribution in [0.1, 0.15) is 18.4 Å². The van der Waals surface area contributed by atoms with E-state index in [1.165, 1.54) is 5.56 Å². The maximum Gasteiger partial charge on any atom is 0.119 e. The molecule has 1 fully saturated rings. The van der Waals surface area contributed by atoms with Crippen LogP contribution in [0.2, 0.25) is 0 Å². The van der Waals surface area contributed by atoms with E-state index in [4.69, 9.17) is 5.53 Å². The SMILES string of the molecule is N#CC1(NCCN=[N+]=[N-])CCCN(Cc2ccccc2)C1. The highest BCUT2D eigenvalue weighted by Crippen LogP contribution is 2.22. The number of piperidine rings is 1. The van der Waals surface area contributed by atoms with Crippen LogP contribution in [-0.4, -0.2) is 36.6 Å². The predicted molar refractivity (Wildman–Crippen MR) is 81.3 cm³/mol. The van der Waals surface area contributed by atoms with E-state index in [0.29, 0.717) is 19.6 Å². The Morgan fingerprint density at radius 2 is 2.24 bits per heavy atom. The summed E-state index contributed by atoms with van der Waals surface area (Å²) in [7, 11) is 0. The van der Waals surface area contributed by atoms with Crippen molar-refractivity contribution in [3.63, 3.8) is 0 Å². The summed E-state index contributed by atoms with van der Waals surface area (Å²) in [6.07, 6.45) is 1.83. The highest BCUT2D eigenvalue weighted by molar-refractivity contribution is 5.16. The van der Waals surface area contributed by atoms with E-state index in [-0.39, 0.29) is 0 Å². The normalized spacial score (nSPS) is 22.2. The van der Waals surface area contributed by atoms with Crippen molar-refractivity contribution in [3.8, 4) is 6.07 Å². The van der Waals surface area contributed by atoms with Gasteiger partial charge in [0.25, 0.3) is 0 Å². The molecule has 0 aliphatic carbocycles. The third-order valence-corrected chi connectivity index (χ3v) is 3.77. The Morgan fingerprint density at radius 3 is 2.95 bits per heavy atom. The van der Waals surface area contributed by atoms with Gasteiger partial charge >= 0.3 is 0 Å². The maximum atomic E-state index is 9.54. The van der Waals surface area contributed by atoms with Gasteiger partial charge in [0.2, 0.25) is 0 Å². The molecule has 1 heterocycles. The molecule has 1 unspecified atom stereocenters. The number of azide groups is 1.